The topological polar surface area (TPSA) is 42.0 Å². The summed E-state index contributed by atoms with van der Waals surface area (Å²) >= 11 is 1.32. The number of aromatic nitrogens is 1. The Balaban J connectivity index is 2.27. The van der Waals surface area contributed by atoms with Crippen LogP contribution >= 0.6 is 11.3 Å². The van der Waals surface area contributed by atoms with Crippen molar-refractivity contribution < 1.29 is 13.6 Å². The number of rotatable bonds is 4. The molecule has 1 heterocycles. The van der Waals surface area contributed by atoms with Crippen LogP contribution in [0.25, 0.3) is 11.3 Å². The van der Waals surface area contributed by atoms with Crippen LogP contribution in [0.4, 0.5) is 13.9 Å². The molecule has 1 aromatic carbocycles. The standard InChI is InChI=1S/C15H16F2N2OS/c1-4-8(2)14(20)19-15-18-13(9(3)21-15)10-5-6-11(16)12(17)7-10/h5-8H,4H2,1-3H3,(H,18,19,20). The van der Waals surface area contributed by atoms with Gasteiger partial charge < -0.3 is 5.32 Å². The van der Waals surface area contributed by atoms with Crippen molar-refractivity contribution in [3.8, 4) is 11.3 Å². The number of aryl methyl sites for hydroxylation is 1. The van der Waals surface area contributed by atoms with E-state index >= 15 is 0 Å². The number of thiazole rings is 1. The fraction of sp³-hybridized carbons (Fsp3) is 0.333. The van der Waals surface area contributed by atoms with Crippen molar-refractivity contribution in [1.29, 1.82) is 0 Å². The van der Waals surface area contributed by atoms with Crippen LogP contribution in [-0.2, 0) is 4.79 Å². The van der Waals surface area contributed by atoms with E-state index in [1.165, 1.54) is 17.4 Å². The first kappa shape index (κ1) is 15.6. The van der Waals surface area contributed by atoms with Gasteiger partial charge in [-0.25, -0.2) is 13.8 Å². The number of hydrogen-bond donors (Lipinski definition) is 1. The first-order valence-corrected chi connectivity index (χ1v) is 7.47. The summed E-state index contributed by atoms with van der Waals surface area (Å²) in [5.41, 5.74) is 1.05. The fourth-order valence-corrected chi connectivity index (χ4v) is 2.61. The number of carbonyl (C=O) groups is 1. The van der Waals surface area contributed by atoms with Crippen LogP contribution in [-0.4, -0.2) is 10.9 Å². The zero-order chi connectivity index (χ0) is 15.6. The van der Waals surface area contributed by atoms with Crippen molar-refractivity contribution in [1.82, 2.24) is 4.98 Å². The Hall–Kier alpha value is -1.82. The second kappa shape index (κ2) is 6.30. The molecule has 0 fully saturated rings. The van der Waals surface area contributed by atoms with E-state index in [9.17, 15) is 13.6 Å². The number of halogens is 2. The van der Waals surface area contributed by atoms with Gasteiger partial charge in [0.25, 0.3) is 0 Å². The maximum absolute atomic E-state index is 13.3. The number of anilines is 1. The van der Waals surface area contributed by atoms with E-state index in [0.29, 0.717) is 16.4 Å². The summed E-state index contributed by atoms with van der Waals surface area (Å²) in [6, 6.07) is 3.65. The Kier molecular flexibility index (Phi) is 4.67. The number of benzene rings is 1. The molecule has 0 aliphatic carbocycles. The van der Waals surface area contributed by atoms with Gasteiger partial charge in [0.2, 0.25) is 5.91 Å². The molecule has 1 atom stereocenters. The van der Waals surface area contributed by atoms with Crippen molar-refractivity contribution >= 4 is 22.4 Å². The van der Waals surface area contributed by atoms with Crippen molar-refractivity contribution in [3.05, 3.63) is 34.7 Å². The molecule has 6 heteroatoms. The summed E-state index contributed by atoms with van der Waals surface area (Å²) in [5, 5.41) is 3.22. The predicted octanol–water partition coefficient (Wildman–Crippen LogP) is 4.38. The molecule has 1 unspecified atom stereocenters. The third-order valence-electron chi connectivity index (χ3n) is 3.28. The SMILES string of the molecule is CCC(C)C(=O)Nc1nc(-c2ccc(F)c(F)c2)c(C)s1. The molecule has 0 bridgehead atoms. The van der Waals surface area contributed by atoms with E-state index in [-0.39, 0.29) is 11.8 Å². The van der Waals surface area contributed by atoms with Crippen LogP contribution in [0, 0.1) is 24.5 Å². The minimum absolute atomic E-state index is 0.0944. The summed E-state index contributed by atoms with van der Waals surface area (Å²) in [6.07, 6.45) is 0.742. The number of hydrogen-bond acceptors (Lipinski definition) is 3. The predicted molar refractivity (Wildman–Crippen MR) is 80.3 cm³/mol. The fourth-order valence-electron chi connectivity index (χ4n) is 1.78. The molecular weight excluding hydrogens is 294 g/mol. The van der Waals surface area contributed by atoms with Gasteiger partial charge in [0.05, 0.1) is 5.69 Å². The first-order chi connectivity index (χ1) is 9.92. The summed E-state index contributed by atoms with van der Waals surface area (Å²) < 4.78 is 26.3. The molecule has 1 N–H and O–H groups in total. The van der Waals surface area contributed by atoms with E-state index in [4.69, 9.17) is 0 Å². The maximum Gasteiger partial charge on any atom is 0.228 e. The molecule has 0 radical (unpaired) electrons. The molecule has 0 aliphatic rings. The number of amides is 1. The lowest BCUT2D eigenvalue weighted by Gasteiger charge is -2.06. The Labute approximate surface area is 126 Å². The van der Waals surface area contributed by atoms with Gasteiger partial charge in [-0.15, -0.1) is 11.3 Å². The molecule has 3 nitrogen and oxygen atoms in total. The molecule has 21 heavy (non-hydrogen) atoms. The van der Waals surface area contributed by atoms with E-state index in [2.05, 4.69) is 10.3 Å². The average molecular weight is 310 g/mol. The molecule has 0 saturated heterocycles. The Morgan fingerprint density at radius 1 is 1.38 bits per heavy atom. The molecule has 2 rings (SSSR count). The van der Waals surface area contributed by atoms with Crippen molar-refractivity contribution in [2.45, 2.75) is 27.2 Å². The van der Waals surface area contributed by atoms with Crippen LogP contribution in [0.15, 0.2) is 18.2 Å². The van der Waals surface area contributed by atoms with E-state index in [1.54, 1.807) is 0 Å². The molecule has 0 spiro atoms. The third kappa shape index (κ3) is 3.44. The first-order valence-electron chi connectivity index (χ1n) is 6.66. The summed E-state index contributed by atoms with van der Waals surface area (Å²) in [6.45, 7) is 5.60. The Morgan fingerprint density at radius 3 is 2.71 bits per heavy atom. The highest BCUT2D eigenvalue weighted by Gasteiger charge is 2.16. The molecule has 0 saturated carbocycles. The van der Waals surface area contributed by atoms with Gasteiger partial charge in [-0.2, -0.15) is 0 Å². The van der Waals surface area contributed by atoms with Gasteiger partial charge in [-0.05, 0) is 31.5 Å². The number of nitrogens with one attached hydrogen (secondary N) is 1. The lowest BCUT2D eigenvalue weighted by molar-refractivity contribution is -0.119. The maximum atomic E-state index is 13.3. The van der Waals surface area contributed by atoms with Crippen molar-refractivity contribution in [2.75, 3.05) is 5.32 Å². The second-order valence-corrected chi connectivity index (χ2v) is 6.05. The van der Waals surface area contributed by atoms with Crippen LogP contribution in [0.1, 0.15) is 25.1 Å². The van der Waals surface area contributed by atoms with Gasteiger partial charge in [-0.1, -0.05) is 13.8 Å². The molecule has 0 aliphatic heterocycles. The second-order valence-electron chi connectivity index (χ2n) is 4.85. The Morgan fingerprint density at radius 2 is 2.10 bits per heavy atom. The van der Waals surface area contributed by atoms with Crippen LogP contribution < -0.4 is 5.32 Å². The largest absolute Gasteiger partial charge is 0.302 e. The summed E-state index contributed by atoms with van der Waals surface area (Å²) in [5.74, 6) is -1.99. The number of carbonyl (C=O) groups excluding carboxylic acids is 1. The molecule has 112 valence electrons. The molecular formula is C15H16F2N2OS. The van der Waals surface area contributed by atoms with Crippen molar-refractivity contribution in [3.63, 3.8) is 0 Å². The highest BCUT2D eigenvalue weighted by Crippen LogP contribution is 2.31. The minimum Gasteiger partial charge on any atom is -0.302 e. The lowest BCUT2D eigenvalue weighted by atomic mass is 10.1. The number of nitrogens with zero attached hydrogens (tertiary/aromatic N) is 1. The van der Waals surface area contributed by atoms with Gasteiger partial charge in [-0.3, -0.25) is 4.79 Å². The smallest absolute Gasteiger partial charge is 0.228 e. The van der Waals surface area contributed by atoms with Crippen LogP contribution in [0.2, 0.25) is 0 Å². The van der Waals surface area contributed by atoms with Gasteiger partial charge >= 0.3 is 0 Å². The lowest BCUT2D eigenvalue weighted by Crippen LogP contribution is -2.19. The van der Waals surface area contributed by atoms with Crippen molar-refractivity contribution in [2.24, 2.45) is 5.92 Å². The monoisotopic (exact) mass is 310 g/mol. The molecule has 1 aromatic heterocycles. The summed E-state index contributed by atoms with van der Waals surface area (Å²) in [4.78, 5) is 17.0. The van der Waals surface area contributed by atoms with Crippen LogP contribution in [0.5, 0.6) is 0 Å². The third-order valence-corrected chi connectivity index (χ3v) is 4.17. The summed E-state index contributed by atoms with van der Waals surface area (Å²) in [7, 11) is 0. The zero-order valence-electron chi connectivity index (χ0n) is 12.0. The van der Waals surface area contributed by atoms with Gasteiger partial charge in [0, 0.05) is 16.4 Å². The Bertz CT molecular complexity index is 670. The highest BCUT2D eigenvalue weighted by molar-refractivity contribution is 7.16. The average Bonchev–Trinajstić information content (AvgIpc) is 2.81. The van der Waals surface area contributed by atoms with E-state index in [0.717, 1.165) is 23.4 Å². The van der Waals surface area contributed by atoms with Gasteiger partial charge in [0.15, 0.2) is 16.8 Å². The minimum atomic E-state index is -0.912. The van der Waals surface area contributed by atoms with Gasteiger partial charge in [0.1, 0.15) is 0 Å². The highest BCUT2D eigenvalue weighted by atomic mass is 32.1. The zero-order valence-corrected chi connectivity index (χ0v) is 12.9. The normalized spacial score (nSPS) is 12.2. The van der Waals surface area contributed by atoms with E-state index < -0.39 is 11.6 Å². The molecule has 2 aromatic rings. The van der Waals surface area contributed by atoms with E-state index in [1.807, 2.05) is 20.8 Å². The quantitative estimate of drug-likeness (QED) is 0.910. The molecule has 1 amide bonds. The van der Waals surface area contributed by atoms with Crippen LogP contribution in [0.3, 0.4) is 0 Å².